The van der Waals surface area contributed by atoms with Gasteiger partial charge in [-0.15, -0.1) is 0 Å². The van der Waals surface area contributed by atoms with Crippen molar-refractivity contribution in [1.82, 2.24) is 0 Å². The number of unbranched alkanes of at least 4 members (excludes halogenated alkanes) is 1. The highest BCUT2D eigenvalue weighted by Crippen LogP contribution is 2.05. The standard InChI is InChI=1S/C12H16O2/c1-3-4-7-10-8-5-6-9-11(14-2)12(10)13/h5-6,8-9H,3-4,7H2,1-2H3. The maximum atomic E-state index is 11.8. The highest BCUT2D eigenvalue weighted by molar-refractivity contribution is 5.27. The summed E-state index contributed by atoms with van der Waals surface area (Å²) in [6.07, 6.45) is 2.98. The third-order valence-electron chi connectivity index (χ3n) is 2.19. The van der Waals surface area contributed by atoms with Crippen molar-refractivity contribution in [2.24, 2.45) is 0 Å². The summed E-state index contributed by atoms with van der Waals surface area (Å²) >= 11 is 0. The van der Waals surface area contributed by atoms with Gasteiger partial charge in [-0.05, 0) is 18.9 Å². The van der Waals surface area contributed by atoms with Crippen LogP contribution in [0.4, 0.5) is 0 Å². The Labute approximate surface area is 84.5 Å². The maximum absolute atomic E-state index is 11.8. The van der Waals surface area contributed by atoms with Crippen LogP contribution in [0.5, 0.6) is 5.75 Å². The number of hydrogen-bond acceptors (Lipinski definition) is 2. The van der Waals surface area contributed by atoms with Gasteiger partial charge in [0.25, 0.3) is 0 Å². The van der Waals surface area contributed by atoms with Crippen molar-refractivity contribution >= 4 is 0 Å². The second-order valence-electron chi connectivity index (χ2n) is 3.24. The summed E-state index contributed by atoms with van der Waals surface area (Å²) in [5.41, 5.74) is 0.861. The van der Waals surface area contributed by atoms with Crippen LogP contribution in [0.25, 0.3) is 0 Å². The summed E-state index contributed by atoms with van der Waals surface area (Å²) in [4.78, 5) is 11.8. The first-order chi connectivity index (χ1) is 6.79. The molecule has 0 unspecified atom stereocenters. The predicted molar refractivity (Wildman–Crippen MR) is 57.9 cm³/mol. The lowest BCUT2D eigenvalue weighted by molar-refractivity contribution is 0.411. The molecule has 1 rings (SSSR count). The van der Waals surface area contributed by atoms with Gasteiger partial charge < -0.3 is 4.74 Å². The second kappa shape index (κ2) is 5.43. The Bertz CT molecular complexity index is 345. The minimum atomic E-state index is 0.0194. The first-order valence-corrected chi connectivity index (χ1v) is 4.95. The van der Waals surface area contributed by atoms with Crippen LogP contribution in [0, 0.1) is 0 Å². The first-order valence-electron chi connectivity index (χ1n) is 4.95. The SMILES string of the molecule is CCCCc1ccccc(OC)c1=O. The molecule has 0 aliphatic heterocycles. The lowest BCUT2D eigenvalue weighted by Gasteiger charge is -1.97. The third-order valence-corrected chi connectivity index (χ3v) is 2.19. The van der Waals surface area contributed by atoms with Gasteiger partial charge in [0.1, 0.15) is 0 Å². The molecule has 76 valence electrons. The van der Waals surface area contributed by atoms with Crippen LogP contribution < -0.4 is 10.2 Å². The third kappa shape index (κ3) is 2.59. The van der Waals surface area contributed by atoms with Gasteiger partial charge in [-0.25, -0.2) is 0 Å². The smallest absolute Gasteiger partial charge is 0.223 e. The molecule has 1 aromatic carbocycles. The van der Waals surface area contributed by atoms with E-state index in [0.29, 0.717) is 5.75 Å². The molecule has 0 aliphatic rings. The summed E-state index contributed by atoms with van der Waals surface area (Å²) in [6, 6.07) is 7.29. The largest absolute Gasteiger partial charge is 0.493 e. The molecule has 0 bridgehead atoms. The van der Waals surface area contributed by atoms with Crippen LogP contribution in [-0.4, -0.2) is 7.11 Å². The van der Waals surface area contributed by atoms with E-state index in [9.17, 15) is 4.79 Å². The summed E-state index contributed by atoms with van der Waals surface area (Å²) in [5.74, 6) is 0.432. The van der Waals surface area contributed by atoms with E-state index in [-0.39, 0.29) is 5.43 Å². The molecule has 0 saturated heterocycles. The minimum Gasteiger partial charge on any atom is -0.493 e. The lowest BCUT2D eigenvalue weighted by atomic mass is 10.1. The molecule has 14 heavy (non-hydrogen) atoms. The van der Waals surface area contributed by atoms with Gasteiger partial charge in [-0.1, -0.05) is 31.5 Å². The van der Waals surface area contributed by atoms with Crippen molar-refractivity contribution in [3.63, 3.8) is 0 Å². The van der Waals surface area contributed by atoms with Crippen LogP contribution in [0.2, 0.25) is 0 Å². The molecule has 0 N–H and O–H groups in total. The molecule has 0 atom stereocenters. The Kier molecular flexibility index (Phi) is 4.17. The molecular formula is C12H16O2. The predicted octanol–water partition coefficient (Wildman–Crippen LogP) is 2.40. The van der Waals surface area contributed by atoms with E-state index in [1.165, 1.54) is 7.11 Å². The molecule has 0 aliphatic carbocycles. The Morgan fingerprint density at radius 3 is 2.64 bits per heavy atom. The van der Waals surface area contributed by atoms with Gasteiger partial charge >= 0.3 is 0 Å². The Hall–Kier alpha value is -1.31. The molecule has 0 aromatic heterocycles. The molecule has 0 heterocycles. The van der Waals surface area contributed by atoms with E-state index in [1.54, 1.807) is 6.07 Å². The number of ether oxygens (including phenoxy) is 1. The molecule has 0 fully saturated rings. The van der Waals surface area contributed by atoms with Crippen molar-refractivity contribution < 1.29 is 4.74 Å². The average Bonchev–Trinajstić information content (AvgIpc) is 2.38. The molecule has 1 aromatic rings. The van der Waals surface area contributed by atoms with Gasteiger partial charge in [-0.3, -0.25) is 4.79 Å². The van der Waals surface area contributed by atoms with Crippen LogP contribution >= 0.6 is 0 Å². The normalized spacial score (nSPS) is 9.86. The highest BCUT2D eigenvalue weighted by atomic mass is 16.5. The molecular weight excluding hydrogens is 176 g/mol. The van der Waals surface area contributed by atoms with Crippen LogP contribution in [0.15, 0.2) is 29.1 Å². The fraction of sp³-hybridized carbons (Fsp3) is 0.417. The second-order valence-corrected chi connectivity index (χ2v) is 3.24. The van der Waals surface area contributed by atoms with E-state index in [0.717, 1.165) is 24.8 Å². The van der Waals surface area contributed by atoms with Crippen molar-refractivity contribution in [3.8, 4) is 5.75 Å². The molecule has 2 heteroatoms. The van der Waals surface area contributed by atoms with E-state index in [1.807, 2.05) is 18.2 Å². The zero-order chi connectivity index (χ0) is 10.4. The number of rotatable bonds is 4. The summed E-state index contributed by atoms with van der Waals surface area (Å²) in [7, 11) is 1.53. The molecule has 0 radical (unpaired) electrons. The summed E-state index contributed by atoms with van der Waals surface area (Å²) in [5, 5.41) is 0. The monoisotopic (exact) mass is 192 g/mol. The molecule has 2 nitrogen and oxygen atoms in total. The lowest BCUT2D eigenvalue weighted by Crippen LogP contribution is -2.08. The van der Waals surface area contributed by atoms with Crippen molar-refractivity contribution in [3.05, 3.63) is 40.1 Å². The van der Waals surface area contributed by atoms with E-state index < -0.39 is 0 Å². The number of methoxy groups -OCH3 is 1. The average molecular weight is 192 g/mol. The number of hydrogen-bond donors (Lipinski definition) is 0. The maximum Gasteiger partial charge on any atom is 0.223 e. The molecule has 0 saturated carbocycles. The van der Waals surface area contributed by atoms with E-state index >= 15 is 0 Å². The van der Waals surface area contributed by atoms with Gasteiger partial charge in [0, 0.05) is 5.56 Å². The fourth-order valence-electron chi connectivity index (χ4n) is 1.35. The van der Waals surface area contributed by atoms with Crippen LogP contribution in [0.1, 0.15) is 25.3 Å². The van der Waals surface area contributed by atoms with Crippen molar-refractivity contribution in [1.29, 1.82) is 0 Å². The Morgan fingerprint density at radius 1 is 1.29 bits per heavy atom. The van der Waals surface area contributed by atoms with Gasteiger partial charge in [0.2, 0.25) is 5.43 Å². The van der Waals surface area contributed by atoms with Crippen LogP contribution in [0.3, 0.4) is 0 Å². The fourth-order valence-corrected chi connectivity index (χ4v) is 1.35. The van der Waals surface area contributed by atoms with Crippen LogP contribution in [-0.2, 0) is 6.42 Å². The highest BCUT2D eigenvalue weighted by Gasteiger charge is 2.02. The Morgan fingerprint density at radius 2 is 2.00 bits per heavy atom. The molecule has 0 spiro atoms. The van der Waals surface area contributed by atoms with Gasteiger partial charge in [0.05, 0.1) is 7.11 Å². The molecule has 0 amide bonds. The first kappa shape index (κ1) is 10.8. The topological polar surface area (TPSA) is 26.3 Å². The zero-order valence-electron chi connectivity index (χ0n) is 8.75. The van der Waals surface area contributed by atoms with Gasteiger partial charge in [0.15, 0.2) is 5.75 Å². The van der Waals surface area contributed by atoms with Crippen molar-refractivity contribution in [2.45, 2.75) is 26.2 Å². The van der Waals surface area contributed by atoms with Crippen molar-refractivity contribution in [2.75, 3.05) is 7.11 Å². The Balaban J connectivity index is 3.05. The summed E-state index contributed by atoms with van der Waals surface area (Å²) in [6.45, 7) is 2.12. The van der Waals surface area contributed by atoms with E-state index in [2.05, 4.69) is 6.92 Å². The zero-order valence-corrected chi connectivity index (χ0v) is 8.75. The van der Waals surface area contributed by atoms with Gasteiger partial charge in [-0.2, -0.15) is 0 Å². The quantitative estimate of drug-likeness (QED) is 0.732. The van der Waals surface area contributed by atoms with E-state index in [4.69, 9.17) is 4.74 Å². The number of aryl methyl sites for hydroxylation is 1. The summed E-state index contributed by atoms with van der Waals surface area (Å²) < 4.78 is 5.01. The minimum absolute atomic E-state index is 0.0194.